The van der Waals surface area contributed by atoms with Crippen LogP contribution in [0.4, 0.5) is 4.39 Å². The monoisotopic (exact) mass is 488 g/mol. The quantitative estimate of drug-likeness (QED) is 0.361. The molecule has 3 aromatic carbocycles. The van der Waals surface area contributed by atoms with E-state index in [-0.39, 0.29) is 18.6 Å². The summed E-state index contributed by atoms with van der Waals surface area (Å²) in [5, 5.41) is 9.27. The van der Waals surface area contributed by atoms with Gasteiger partial charge in [-0.15, -0.1) is 10.2 Å². The standard InChI is InChI=1S/C27H22ClFN4O2/c1-16-31-32-27-24(14-20(34)13-18-5-3-4-6-23(18)29)30-26(17-7-9-19(28)10-8-17)22-15-21(35-2)11-12-25(22)33(16)27/h3-12,15,24H,13-14H2,1-2H3. The number of Topliss-reactive ketones (excluding diaryl/α,β-unsaturated/α-hetero) is 1. The predicted octanol–water partition coefficient (Wildman–Crippen LogP) is 5.47. The number of benzene rings is 3. The molecule has 35 heavy (non-hydrogen) atoms. The number of ether oxygens (including phenoxy) is 1. The number of aryl methyl sites for hydroxylation is 1. The maximum Gasteiger partial charge on any atom is 0.162 e. The average molecular weight is 489 g/mol. The van der Waals surface area contributed by atoms with Crippen LogP contribution in [0, 0.1) is 12.7 Å². The largest absolute Gasteiger partial charge is 0.497 e. The number of aromatic nitrogens is 3. The van der Waals surface area contributed by atoms with Crippen LogP contribution in [0.25, 0.3) is 5.69 Å². The first-order valence-electron chi connectivity index (χ1n) is 11.1. The third kappa shape index (κ3) is 4.47. The molecule has 1 atom stereocenters. The fourth-order valence-electron chi connectivity index (χ4n) is 4.32. The minimum Gasteiger partial charge on any atom is -0.497 e. The SMILES string of the molecule is COc1ccc2c(c1)C(c1ccc(Cl)cc1)=NC(CC(=O)Cc1ccccc1F)c1nnc(C)n1-2. The fraction of sp³-hybridized carbons (Fsp3) is 0.185. The van der Waals surface area contributed by atoms with Gasteiger partial charge in [-0.25, -0.2) is 4.39 Å². The lowest BCUT2D eigenvalue weighted by atomic mass is 9.99. The highest BCUT2D eigenvalue weighted by Gasteiger charge is 2.30. The number of fused-ring (bicyclic) bond motifs is 3. The summed E-state index contributed by atoms with van der Waals surface area (Å²) in [7, 11) is 1.61. The van der Waals surface area contributed by atoms with E-state index < -0.39 is 11.9 Å². The molecule has 2 heterocycles. The molecule has 1 aliphatic rings. The molecule has 5 rings (SSSR count). The molecule has 6 nitrogen and oxygen atoms in total. The van der Waals surface area contributed by atoms with Gasteiger partial charge in [0.05, 0.1) is 18.5 Å². The zero-order chi connectivity index (χ0) is 24.5. The van der Waals surface area contributed by atoms with Crippen molar-refractivity contribution in [2.45, 2.75) is 25.8 Å². The first-order chi connectivity index (χ1) is 16.9. The Labute approximate surface area is 207 Å². The summed E-state index contributed by atoms with van der Waals surface area (Å²) in [4.78, 5) is 18.1. The van der Waals surface area contributed by atoms with Gasteiger partial charge in [0.25, 0.3) is 0 Å². The van der Waals surface area contributed by atoms with Gasteiger partial charge in [0.15, 0.2) is 5.82 Å². The molecule has 4 aromatic rings. The smallest absolute Gasteiger partial charge is 0.162 e. The molecule has 0 saturated carbocycles. The molecule has 0 spiro atoms. The van der Waals surface area contributed by atoms with Crippen molar-refractivity contribution in [3.8, 4) is 11.4 Å². The van der Waals surface area contributed by atoms with Gasteiger partial charge in [0.1, 0.15) is 29.2 Å². The van der Waals surface area contributed by atoms with Crippen LogP contribution in [-0.2, 0) is 11.2 Å². The van der Waals surface area contributed by atoms with Crippen LogP contribution in [0.15, 0.2) is 71.7 Å². The molecule has 0 radical (unpaired) electrons. The number of aliphatic imine (C=N–C) groups is 1. The Hall–Kier alpha value is -3.84. The molecule has 1 aliphatic heterocycles. The van der Waals surface area contributed by atoms with Gasteiger partial charge in [-0.1, -0.05) is 41.9 Å². The molecule has 8 heteroatoms. The number of hydrogen-bond acceptors (Lipinski definition) is 5. The van der Waals surface area contributed by atoms with E-state index in [0.29, 0.717) is 33.7 Å². The van der Waals surface area contributed by atoms with Crippen LogP contribution < -0.4 is 4.74 Å². The first kappa shape index (κ1) is 22.9. The van der Waals surface area contributed by atoms with E-state index in [1.54, 1.807) is 37.4 Å². The average Bonchev–Trinajstić information content (AvgIpc) is 3.18. The van der Waals surface area contributed by atoms with Crippen LogP contribution in [-0.4, -0.2) is 33.4 Å². The van der Waals surface area contributed by atoms with Gasteiger partial charge >= 0.3 is 0 Å². The van der Waals surface area contributed by atoms with E-state index in [1.807, 2.05) is 41.8 Å². The molecule has 0 aliphatic carbocycles. The zero-order valence-electron chi connectivity index (χ0n) is 19.2. The summed E-state index contributed by atoms with van der Waals surface area (Å²) in [6.07, 6.45) is 0.0253. The van der Waals surface area contributed by atoms with E-state index in [0.717, 1.165) is 16.8 Å². The summed E-state index contributed by atoms with van der Waals surface area (Å²) in [5.74, 6) is 1.36. The zero-order valence-corrected chi connectivity index (χ0v) is 20.0. The minimum atomic E-state index is -0.612. The molecule has 176 valence electrons. The highest BCUT2D eigenvalue weighted by molar-refractivity contribution is 6.30. The van der Waals surface area contributed by atoms with Crippen molar-refractivity contribution in [1.29, 1.82) is 0 Å². The predicted molar refractivity (Wildman–Crippen MR) is 132 cm³/mol. The lowest BCUT2D eigenvalue weighted by molar-refractivity contribution is -0.118. The van der Waals surface area contributed by atoms with Crippen molar-refractivity contribution >= 4 is 23.1 Å². The van der Waals surface area contributed by atoms with Crippen molar-refractivity contribution in [3.05, 3.63) is 106 Å². The summed E-state index contributed by atoms with van der Waals surface area (Å²) in [6, 6.07) is 18.8. The second kappa shape index (κ2) is 9.43. The van der Waals surface area contributed by atoms with Crippen LogP contribution >= 0.6 is 11.6 Å². The van der Waals surface area contributed by atoms with E-state index in [9.17, 15) is 9.18 Å². The second-order valence-corrected chi connectivity index (χ2v) is 8.77. The van der Waals surface area contributed by atoms with Gasteiger partial charge in [-0.05, 0) is 48.9 Å². The summed E-state index contributed by atoms with van der Waals surface area (Å²) < 4.78 is 21.6. The molecule has 0 amide bonds. The molecule has 0 saturated heterocycles. The Morgan fingerprint density at radius 2 is 1.86 bits per heavy atom. The number of hydrogen-bond donors (Lipinski definition) is 0. The Balaban J connectivity index is 1.63. The van der Waals surface area contributed by atoms with Gasteiger partial charge in [0.2, 0.25) is 0 Å². The van der Waals surface area contributed by atoms with E-state index >= 15 is 0 Å². The van der Waals surface area contributed by atoms with Gasteiger partial charge in [-0.3, -0.25) is 14.4 Å². The minimum absolute atomic E-state index is 0.0249. The Morgan fingerprint density at radius 1 is 1.09 bits per heavy atom. The number of carbonyl (C=O) groups excluding carboxylic acids is 1. The van der Waals surface area contributed by atoms with Crippen molar-refractivity contribution in [2.75, 3.05) is 7.11 Å². The summed E-state index contributed by atoms with van der Waals surface area (Å²) >= 11 is 6.14. The fourth-order valence-corrected chi connectivity index (χ4v) is 4.44. The van der Waals surface area contributed by atoms with Crippen LogP contribution in [0.5, 0.6) is 5.75 Å². The normalized spacial score (nSPS) is 14.5. The number of halogens is 2. The van der Waals surface area contributed by atoms with E-state index in [2.05, 4.69) is 10.2 Å². The van der Waals surface area contributed by atoms with Gasteiger partial charge in [0, 0.05) is 29.0 Å². The van der Waals surface area contributed by atoms with Gasteiger partial charge in [-0.2, -0.15) is 0 Å². The highest BCUT2D eigenvalue weighted by atomic mass is 35.5. The lowest BCUT2D eigenvalue weighted by Gasteiger charge is -2.14. The molecular weight excluding hydrogens is 467 g/mol. The third-order valence-electron chi connectivity index (χ3n) is 6.02. The molecular formula is C27H22ClFN4O2. The molecule has 0 bridgehead atoms. The maximum absolute atomic E-state index is 14.2. The Kier molecular flexibility index (Phi) is 6.17. The molecule has 1 unspecified atom stereocenters. The number of carbonyl (C=O) groups is 1. The van der Waals surface area contributed by atoms with Crippen molar-refractivity contribution in [1.82, 2.24) is 14.8 Å². The van der Waals surface area contributed by atoms with Crippen molar-refractivity contribution in [2.24, 2.45) is 4.99 Å². The third-order valence-corrected chi connectivity index (χ3v) is 6.27. The van der Waals surface area contributed by atoms with E-state index in [4.69, 9.17) is 21.3 Å². The maximum atomic E-state index is 14.2. The lowest BCUT2D eigenvalue weighted by Crippen LogP contribution is -2.13. The summed E-state index contributed by atoms with van der Waals surface area (Å²) in [6.45, 7) is 1.86. The summed E-state index contributed by atoms with van der Waals surface area (Å²) in [5.41, 5.74) is 3.54. The van der Waals surface area contributed by atoms with Crippen LogP contribution in [0.3, 0.4) is 0 Å². The first-order valence-corrected chi connectivity index (χ1v) is 11.5. The number of ketones is 1. The van der Waals surface area contributed by atoms with Crippen molar-refractivity contribution < 1.29 is 13.9 Å². The van der Waals surface area contributed by atoms with E-state index in [1.165, 1.54) is 6.07 Å². The number of rotatable bonds is 6. The van der Waals surface area contributed by atoms with Gasteiger partial charge < -0.3 is 4.74 Å². The molecule has 1 aromatic heterocycles. The van der Waals surface area contributed by atoms with Crippen LogP contribution in [0.2, 0.25) is 5.02 Å². The Morgan fingerprint density at radius 3 is 2.60 bits per heavy atom. The van der Waals surface area contributed by atoms with Crippen LogP contribution in [0.1, 0.15) is 40.8 Å². The second-order valence-electron chi connectivity index (χ2n) is 8.34. The molecule has 0 fully saturated rings. The number of nitrogens with zero attached hydrogens (tertiary/aromatic N) is 4. The topological polar surface area (TPSA) is 69.4 Å². The highest BCUT2D eigenvalue weighted by Crippen LogP contribution is 2.34. The molecule has 0 N–H and O–H groups in total. The van der Waals surface area contributed by atoms with Crippen molar-refractivity contribution in [3.63, 3.8) is 0 Å². The Bertz CT molecular complexity index is 1450. The number of methoxy groups -OCH3 is 1.